The summed E-state index contributed by atoms with van der Waals surface area (Å²) in [4.78, 5) is 19.7. The van der Waals surface area contributed by atoms with Crippen LogP contribution in [0.5, 0.6) is 0 Å². The molecule has 4 nitrogen and oxygen atoms in total. The summed E-state index contributed by atoms with van der Waals surface area (Å²) in [6.45, 7) is 2.53. The highest BCUT2D eigenvalue weighted by atomic mass is 79.9. The van der Waals surface area contributed by atoms with E-state index in [9.17, 15) is 4.79 Å². The number of allylic oxidation sites excluding steroid dienone is 3. The molecule has 0 aromatic carbocycles. The maximum Gasteiger partial charge on any atom is 0.281 e. The average molecular weight is 325 g/mol. The molecule has 2 aliphatic heterocycles. The molecule has 1 atom stereocenters. The minimum atomic E-state index is -0.219. The first-order chi connectivity index (χ1) is 8.72. The Labute approximate surface area is 117 Å². The summed E-state index contributed by atoms with van der Waals surface area (Å²) in [5.41, 5.74) is 1.55. The van der Waals surface area contributed by atoms with Gasteiger partial charge in [-0.25, -0.2) is 4.99 Å². The molecule has 0 aromatic rings. The molecule has 0 bridgehead atoms. The maximum absolute atomic E-state index is 11.8. The average Bonchev–Trinajstić information content (AvgIpc) is 2.73. The lowest BCUT2D eigenvalue weighted by Crippen LogP contribution is -2.14. The van der Waals surface area contributed by atoms with Crippen LogP contribution in [-0.2, 0) is 9.53 Å². The van der Waals surface area contributed by atoms with E-state index in [4.69, 9.17) is 4.74 Å². The molecule has 92 valence electrons. The zero-order chi connectivity index (χ0) is 12.7. The Bertz CT molecular complexity index is 587. The fraction of sp³-hybridized carbons (Fsp3) is 0.250. The molecule has 3 aliphatic rings. The topological polar surface area (TPSA) is 51.0 Å². The largest absolute Gasteiger partial charge is 0.495 e. The summed E-state index contributed by atoms with van der Waals surface area (Å²) in [5.74, 6) is 0.626. The number of rotatable bonds is 2. The van der Waals surface area contributed by atoms with Gasteiger partial charge < -0.3 is 4.74 Å². The van der Waals surface area contributed by atoms with E-state index in [1.807, 2.05) is 19.1 Å². The smallest absolute Gasteiger partial charge is 0.281 e. The van der Waals surface area contributed by atoms with Gasteiger partial charge >= 0.3 is 0 Å². The van der Waals surface area contributed by atoms with Crippen LogP contribution in [0, 0.1) is 0 Å². The van der Waals surface area contributed by atoms with E-state index >= 15 is 0 Å². The van der Waals surface area contributed by atoms with E-state index in [0.717, 1.165) is 20.9 Å². The summed E-state index contributed by atoms with van der Waals surface area (Å²) >= 11 is 5.02. The molecule has 1 unspecified atom stereocenters. The van der Waals surface area contributed by atoms with Gasteiger partial charge in [0.15, 0.2) is 0 Å². The number of fused-ring (bicyclic) bond motifs is 2. The van der Waals surface area contributed by atoms with Gasteiger partial charge in [0.2, 0.25) is 0 Å². The molecule has 0 saturated heterocycles. The number of carbonyl (C=O) groups is 1. The van der Waals surface area contributed by atoms with Gasteiger partial charge in [-0.05, 0) is 34.5 Å². The van der Waals surface area contributed by atoms with Crippen molar-refractivity contribution in [1.82, 2.24) is 0 Å². The summed E-state index contributed by atoms with van der Waals surface area (Å²) in [6, 6.07) is 0. The van der Waals surface area contributed by atoms with Gasteiger partial charge in [-0.15, -0.1) is 0 Å². The Morgan fingerprint density at radius 2 is 2.33 bits per heavy atom. The quantitative estimate of drug-likeness (QED) is 0.784. The normalized spacial score (nSPS) is 25.3. The highest BCUT2D eigenvalue weighted by Crippen LogP contribution is 2.45. The van der Waals surface area contributed by atoms with Gasteiger partial charge in [0, 0.05) is 0 Å². The first kappa shape index (κ1) is 11.9. The summed E-state index contributed by atoms with van der Waals surface area (Å²) < 4.78 is 6.59. The second-order valence-electron chi connectivity index (χ2n) is 3.79. The molecule has 1 amide bonds. The number of nitrogens with zero attached hydrogens (tertiary/aromatic N) is 2. The van der Waals surface area contributed by atoms with Gasteiger partial charge in [0.05, 0.1) is 21.9 Å². The summed E-state index contributed by atoms with van der Waals surface area (Å²) in [7, 11) is 0. The van der Waals surface area contributed by atoms with Crippen molar-refractivity contribution in [2.24, 2.45) is 9.98 Å². The van der Waals surface area contributed by atoms with Crippen molar-refractivity contribution in [2.45, 2.75) is 12.2 Å². The summed E-state index contributed by atoms with van der Waals surface area (Å²) in [6.07, 6.45) is 5.15. The van der Waals surface area contributed by atoms with Crippen LogP contribution in [-0.4, -0.2) is 29.1 Å². The second kappa shape index (κ2) is 4.51. The van der Waals surface area contributed by atoms with Crippen molar-refractivity contribution >= 4 is 45.0 Å². The standard InChI is InChI=1S/C12H9BrN2O2S/c1-2-17-9-7(13)4-3-6-8-11(16)14-5-15-12(8)18-10(6)9/h3-5,10H,2H2,1H3. The summed E-state index contributed by atoms with van der Waals surface area (Å²) in [5, 5.41) is 0.739. The van der Waals surface area contributed by atoms with E-state index in [-0.39, 0.29) is 11.2 Å². The number of carbonyl (C=O) groups excluding carboxylic acids is 1. The Balaban J connectivity index is 2.09. The van der Waals surface area contributed by atoms with Crippen molar-refractivity contribution in [3.8, 4) is 0 Å². The van der Waals surface area contributed by atoms with Crippen molar-refractivity contribution in [2.75, 3.05) is 6.61 Å². The third-order valence-corrected chi connectivity index (χ3v) is 4.65. The Morgan fingerprint density at radius 1 is 1.50 bits per heavy atom. The van der Waals surface area contributed by atoms with Crippen molar-refractivity contribution in [1.29, 1.82) is 0 Å². The van der Waals surface area contributed by atoms with Gasteiger partial charge in [-0.3, -0.25) is 4.79 Å². The Kier molecular flexibility index (Phi) is 2.99. The number of hydrogen-bond acceptors (Lipinski definition) is 4. The zero-order valence-electron chi connectivity index (χ0n) is 9.51. The fourth-order valence-corrected chi connectivity index (χ4v) is 3.94. The van der Waals surface area contributed by atoms with Crippen LogP contribution in [0.15, 0.2) is 43.5 Å². The highest BCUT2D eigenvalue weighted by molar-refractivity contribution is 9.11. The van der Waals surface area contributed by atoms with E-state index < -0.39 is 0 Å². The van der Waals surface area contributed by atoms with Crippen LogP contribution in [0.25, 0.3) is 0 Å². The van der Waals surface area contributed by atoms with Crippen LogP contribution in [0.1, 0.15) is 6.92 Å². The van der Waals surface area contributed by atoms with Crippen molar-refractivity contribution in [3.63, 3.8) is 0 Å². The third-order valence-electron chi connectivity index (χ3n) is 2.76. The molecule has 0 fully saturated rings. The SMILES string of the molecule is CCOC1=C(Br)C=CC2=C3C(=O)N=CN=C3SC21. The van der Waals surface area contributed by atoms with Gasteiger partial charge in [-0.2, -0.15) is 4.99 Å². The number of aliphatic imine (C=N–C) groups is 2. The number of thioether (sulfide) groups is 1. The molecule has 2 heterocycles. The minimum Gasteiger partial charge on any atom is -0.495 e. The Morgan fingerprint density at radius 3 is 3.11 bits per heavy atom. The minimum absolute atomic E-state index is 0.00345. The van der Waals surface area contributed by atoms with Crippen molar-refractivity contribution < 1.29 is 9.53 Å². The Hall–Kier alpha value is -1.14. The van der Waals surface area contributed by atoms with E-state index in [1.54, 1.807) is 0 Å². The predicted octanol–water partition coefficient (Wildman–Crippen LogP) is 2.58. The third kappa shape index (κ3) is 1.71. The predicted molar refractivity (Wildman–Crippen MR) is 76.1 cm³/mol. The molecule has 6 heteroatoms. The molecule has 0 saturated carbocycles. The first-order valence-electron chi connectivity index (χ1n) is 5.48. The number of ether oxygens (including phenoxy) is 1. The number of halogens is 1. The van der Waals surface area contributed by atoms with Crippen LogP contribution in [0.2, 0.25) is 0 Å². The molecule has 0 N–H and O–H groups in total. The fourth-order valence-electron chi connectivity index (χ4n) is 2.03. The molecular weight excluding hydrogens is 316 g/mol. The van der Waals surface area contributed by atoms with Gasteiger partial charge in [0.1, 0.15) is 17.1 Å². The molecule has 0 radical (unpaired) electrons. The zero-order valence-corrected chi connectivity index (χ0v) is 11.9. The molecule has 0 aromatic heterocycles. The second-order valence-corrected chi connectivity index (χ2v) is 5.74. The van der Waals surface area contributed by atoms with Crippen LogP contribution < -0.4 is 0 Å². The lowest BCUT2D eigenvalue weighted by molar-refractivity contribution is -0.113. The van der Waals surface area contributed by atoms with Crippen LogP contribution in [0.4, 0.5) is 0 Å². The molecule has 1 aliphatic carbocycles. The first-order valence-corrected chi connectivity index (χ1v) is 7.16. The van der Waals surface area contributed by atoms with Crippen LogP contribution in [0.3, 0.4) is 0 Å². The highest BCUT2D eigenvalue weighted by Gasteiger charge is 2.40. The number of hydrogen-bond donors (Lipinski definition) is 0. The molecule has 18 heavy (non-hydrogen) atoms. The molecule has 0 spiro atoms. The molecular formula is C12H9BrN2O2S. The maximum atomic E-state index is 11.8. The van der Waals surface area contributed by atoms with E-state index in [2.05, 4.69) is 25.9 Å². The number of amides is 1. The van der Waals surface area contributed by atoms with E-state index in [0.29, 0.717) is 12.2 Å². The monoisotopic (exact) mass is 324 g/mol. The van der Waals surface area contributed by atoms with Crippen LogP contribution >= 0.6 is 27.7 Å². The van der Waals surface area contributed by atoms with Crippen molar-refractivity contribution in [3.05, 3.63) is 33.5 Å². The van der Waals surface area contributed by atoms with Gasteiger partial charge in [0.25, 0.3) is 5.91 Å². The van der Waals surface area contributed by atoms with E-state index in [1.165, 1.54) is 18.1 Å². The molecule has 3 rings (SSSR count). The van der Waals surface area contributed by atoms with Gasteiger partial charge in [-0.1, -0.05) is 17.8 Å². The lowest BCUT2D eigenvalue weighted by Gasteiger charge is -2.20. The lowest BCUT2D eigenvalue weighted by atomic mass is 9.99.